The minimum absolute atomic E-state index is 0.0338. The smallest absolute Gasteiger partial charge is 0.254 e. The van der Waals surface area contributed by atoms with Gasteiger partial charge in [0.2, 0.25) is 5.91 Å². The molecule has 0 aliphatic carbocycles. The number of para-hydroxylation sites is 2. The van der Waals surface area contributed by atoms with Crippen molar-refractivity contribution in [2.75, 3.05) is 44.2 Å². The van der Waals surface area contributed by atoms with E-state index < -0.39 is 5.41 Å². The number of hydrogen-bond acceptors (Lipinski definition) is 5. The third kappa shape index (κ3) is 5.46. The Morgan fingerprint density at radius 2 is 1.51 bits per heavy atom. The summed E-state index contributed by atoms with van der Waals surface area (Å²) < 4.78 is 6.26. The van der Waals surface area contributed by atoms with Gasteiger partial charge < -0.3 is 19.9 Å². The molecule has 0 spiro atoms. The summed E-state index contributed by atoms with van der Waals surface area (Å²) in [6.45, 7) is 8.45. The number of piperazine rings is 1. The third-order valence-corrected chi connectivity index (χ3v) is 9.59. The number of carbonyl (C=O) groups is 2. The minimum atomic E-state index is -0.797. The van der Waals surface area contributed by atoms with Crippen LogP contribution in [-0.4, -0.2) is 60.9 Å². The second kappa shape index (κ2) is 12.4. The average Bonchev–Trinajstić information content (AvgIpc) is 3.39. The summed E-state index contributed by atoms with van der Waals surface area (Å²) in [7, 11) is 0. The van der Waals surface area contributed by atoms with Crippen LogP contribution in [0.3, 0.4) is 0 Å². The Balaban J connectivity index is 1.00. The molecule has 0 saturated carbocycles. The number of rotatable bonds is 9. The predicted molar refractivity (Wildman–Crippen MR) is 177 cm³/mol. The summed E-state index contributed by atoms with van der Waals surface area (Å²) >= 11 is 0. The van der Waals surface area contributed by atoms with Crippen molar-refractivity contribution in [3.05, 3.63) is 125 Å². The molecule has 7 heteroatoms. The Kier molecular flexibility index (Phi) is 8.03. The van der Waals surface area contributed by atoms with E-state index in [9.17, 15) is 9.59 Å². The lowest BCUT2D eigenvalue weighted by Crippen LogP contribution is -2.49. The average molecular weight is 601 g/mol. The van der Waals surface area contributed by atoms with Gasteiger partial charge >= 0.3 is 0 Å². The molecule has 1 fully saturated rings. The van der Waals surface area contributed by atoms with Gasteiger partial charge in [0.15, 0.2) is 0 Å². The molecule has 1 saturated heterocycles. The van der Waals surface area contributed by atoms with Crippen molar-refractivity contribution in [2.24, 2.45) is 0 Å². The van der Waals surface area contributed by atoms with E-state index in [1.807, 2.05) is 78.6 Å². The van der Waals surface area contributed by atoms with Gasteiger partial charge in [0.25, 0.3) is 5.91 Å². The summed E-state index contributed by atoms with van der Waals surface area (Å²) in [5, 5.41) is 3.14. The van der Waals surface area contributed by atoms with Gasteiger partial charge in [-0.3, -0.25) is 14.5 Å². The van der Waals surface area contributed by atoms with Crippen LogP contribution in [0.25, 0.3) is 0 Å². The minimum Gasteiger partial charge on any atom is -0.457 e. The SMILES string of the molecule is CCNC(=O)C1(CCCN2CCN(c3ccc4c(c3)C(=O)N(Cc3ccccc3)C4)CC2)c2ccccc2Oc2ccccc21. The van der Waals surface area contributed by atoms with Crippen molar-refractivity contribution in [3.8, 4) is 11.5 Å². The molecule has 3 heterocycles. The number of nitrogens with one attached hydrogen (secondary N) is 1. The monoisotopic (exact) mass is 600 g/mol. The molecule has 3 aliphatic heterocycles. The van der Waals surface area contributed by atoms with E-state index in [0.29, 0.717) is 26.1 Å². The molecule has 230 valence electrons. The Labute approximate surface area is 265 Å². The first kappa shape index (κ1) is 29.1. The second-order valence-electron chi connectivity index (χ2n) is 12.3. The van der Waals surface area contributed by atoms with Crippen LogP contribution in [0.4, 0.5) is 5.69 Å². The molecule has 0 aromatic heterocycles. The zero-order valence-electron chi connectivity index (χ0n) is 25.9. The first-order chi connectivity index (χ1) is 22.1. The molecule has 45 heavy (non-hydrogen) atoms. The van der Waals surface area contributed by atoms with Gasteiger partial charge in [0.1, 0.15) is 16.9 Å². The lowest BCUT2D eigenvalue weighted by atomic mass is 9.68. The Hall–Kier alpha value is -4.62. The van der Waals surface area contributed by atoms with Gasteiger partial charge in [-0.1, -0.05) is 72.8 Å². The molecule has 0 unspecified atom stereocenters. The maximum absolute atomic E-state index is 13.9. The molecule has 0 atom stereocenters. The Morgan fingerprint density at radius 3 is 2.20 bits per heavy atom. The van der Waals surface area contributed by atoms with E-state index in [1.165, 1.54) is 0 Å². The fourth-order valence-corrected chi connectivity index (χ4v) is 7.29. The molecule has 0 radical (unpaired) electrons. The van der Waals surface area contributed by atoms with E-state index >= 15 is 0 Å². The maximum Gasteiger partial charge on any atom is 0.254 e. The predicted octanol–water partition coefficient (Wildman–Crippen LogP) is 5.97. The number of amides is 2. The van der Waals surface area contributed by atoms with Crippen LogP contribution in [0.15, 0.2) is 97.1 Å². The number of ether oxygens (including phenoxy) is 1. The molecule has 7 nitrogen and oxygen atoms in total. The van der Waals surface area contributed by atoms with E-state index in [2.05, 4.69) is 45.4 Å². The molecule has 1 N–H and O–H groups in total. The number of likely N-dealkylation sites (N-methyl/N-ethyl adjacent to an activating group) is 1. The Bertz CT molecular complexity index is 1650. The van der Waals surface area contributed by atoms with Gasteiger partial charge in [0, 0.05) is 68.2 Å². The molecule has 4 aromatic carbocycles. The van der Waals surface area contributed by atoms with Crippen molar-refractivity contribution < 1.29 is 14.3 Å². The second-order valence-corrected chi connectivity index (χ2v) is 12.3. The van der Waals surface area contributed by atoms with Crippen LogP contribution in [0.5, 0.6) is 11.5 Å². The van der Waals surface area contributed by atoms with Gasteiger partial charge in [-0.2, -0.15) is 0 Å². The van der Waals surface area contributed by atoms with Crippen LogP contribution >= 0.6 is 0 Å². The molecular formula is C38H40N4O3. The molecule has 0 bridgehead atoms. The highest BCUT2D eigenvalue weighted by molar-refractivity contribution is 5.99. The molecule has 2 amide bonds. The van der Waals surface area contributed by atoms with Crippen LogP contribution in [0.1, 0.15) is 52.4 Å². The quantitative estimate of drug-likeness (QED) is 0.256. The van der Waals surface area contributed by atoms with E-state index in [0.717, 1.165) is 84.1 Å². The van der Waals surface area contributed by atoms with E-state index in [-0.39, 0.29) is 11.8 Å². The van der Waals surface area contributed by atoms with Crippen molar-refractivity contribution in [1.82, 2.24) is 15.1 Å². The maximum atomic E-state index is 13.9. The highest BCUT2D eigenvalue weighted by atomic mass is 16.5. The van der Waals surface area contributed by atoms with Crippen LogP contribution in [-0.2, 0) is 23.3 Å². The van der Waals surface area contributed by atoms with Crippen molar-refractivity contribution >= 4 is 17.5 Å². The lowest BCUT2D eigenvalue weighted by molar-refractivity contribution is -0.125. The van der Waals surface area contributed by atoms with Crippen LogP contribution < -0.4 is 15.0 Å². The zero-order valence-corrected chi connectivity index (χ0v) is 25.9. The number of anilines is 1. The van der Waals surface area contributed by atoms with E-state index in [1.54, 1.807) is 0 Å². The van der Waals surface area contributed by atoms with Crippen molar-refractivity contribution in [3.63, 3.8) is 0 Å². The largest absolute Gasteiger partial charge is 0.457 e. The van der Waals surface area contributed by atoms with Crippen LogP contribution in [0, 0.1) is 0 Å². The first-order valence-corrected chi connectivity index (χ1v) is 16.2. The summed E-state index contributed by atoms with van der Waals surface area (Å²) in [4.78, 5) is 34.0. The van der Waals surface area contributed by atoms with E-state index in [4.69, 9.17) is 4.74 Å². The third-order valence-electron chi connectivity index (χ3n) is 9.59. The summed E-state index contributed by atoms with van der Waals surface area (Å²) in [6.07, 6.45) is 1.58. The lowest BCUT2D eigenvalue weighted by Gasteiger charge is -2.40. The van der Waals surface area contributed by atoms with Crippen molar-refractivity contribution in [1.29, 1.82) is 0 Å². The topological polar surface area (TPSA) is 65.1 Å². The normalized spacial score (nSPS) is 16.9. The number of benzene rings is 4. The standard InChI is InChI=1S/C38H40N4O3/c1-2-39-37(44)38(32-13-6-8-15-34(32)45-35-16-9-7-14-33(35)38)19-10-20-40-21-23-41(24-22-40)30-18-17-29-27-42(36(43)31(29)25-30)26-28-11-4-3-5-12-28/h3-9,11-18,25H,2,10,19-24,26-27H2,1H3,(H,39,44). The number of fused-ring (bicyclic) bond motifs is 3. The van der Waals surface area contributed by atoms with Gasteiger partial charge in [-0.05, 0) is 61.7 Å². The summed E-state index contributed by atoms with van der Waals surface area (Å²) in [5.74, 6) is 1.66. The fourth-order valence-electron chi connectivity index (χ4n) is 7.29. The molecule has 7 rings (SSSR count). The van der Waals surface area contributed by atoms with Crippen LogP contribution in [0.2, 0.25) is 0 Å². The van der Waals surface area contributed by atoms with Gasteiger partial charge in [-0.25, -0.2) is 0 Å². The highest BCUT2D eigenvalue weighted by Crippen LogP contribution is 2.50. The Morgan fingerprint density at radius 1 is 0.844 bits per heavy atom. The zero-order chi connectivity index (χ0) is 30.8. The molecule has 3 aliphatic rings. The molecule has 4 aromatic rings. The summed E-state index contributed by atoms with van der Waals surface area (Å²) in [5.41, 5.74) is 5.29. The number of carbonyl (C=O) groups excluding carboxylic acids is 2. The van der Waals surface area contributed by atoms with Crippen molar-refractivity contribution in [2.45, 2.75) is 38.3 Å². The summed E-state index contributed by atoms with van der Waals surface area (Å²) in [6, 6.07) is 32.5. The first-order valence-electron chi connectivity index (χ1n) is 16.2. The number of hydrogen-bond donors (Lipinski definition) is 1. The molecular weight excluding hydrogens is 560 g/mol. The fraction of sp³-hybridized carbons (Fsp3) is 0.316. The van der Waals surface area contributed by atoms with Gasteiger partial charge in [0.05, 0.1) is 0 Å². The van der Waals surface area contributed by atoms with Gasteiger partial charge in [-0.15, -0.1) is 0 Å². The number of nitrogens with zero attached hydrogens (tertiary/aromatic N) is 3. The highest BCUT2D eigenvalue weighted by Gasteiger charge is 2.47.